The third kappa shape index (κ3) is 3.55. The second kappa shape index (κ2) is 5.22. The number of likely N-dealkylation sites (N-methyl/N-ethyl adjacent to an activating group) is 1. The molecule has 0 spiro atoms. The lowest BCUT2D eigenvalue weighted by Crippen LogP contribution is -2.20. The van der Waals surface area contributed by atoms with Crippen molar-refractivity contribution in [2.45, 2.75) is 6.54 Å². The summed E-state index contributed by atoms with van der Waals surface area (Å²) < 4.78 is 1.82. The Morgan fingerprint density at radius 3 is 2.93 bits per heavy atom. The zero-order chi connectivity index (χ0) is 10.6. The van der Waals surface area contributed by atoms with Gasteiger partial charge in [-0.15, -0.1) is 0 Å². The Bertz CT molecular complexity index is 306. The summed E-state index contributed by atoms with van der Waals surface area (Å²) in [6.45, 7) is 5.71. The summed E-state index contributed by atoms with van der Waals surface area (Å²) in [5.41, 5.74) is 2.36. The maximum atomic E-state index is 4.18. The van der Waals surface area contributed by atoms with Gasteiger partial charge in [0.1, 0.15) is 0 Å². The minimum atomic E-state index is 0.747. The molecule has 1 rings (SSSR count). The molecule has 0 amide bonds. The summed E-state index contributed by atoms with van der Waals surface area (Å²) in [5, 5.41) is 4.12. The van der Waals surface area contributed by atoms with E-state index in [-0.39, 0.29) is 0 Å². The molecular weight excluding hydrogens is 194 g/mol. The van der Waals surface area contributed by atoms with Crippen LogP contribution in [0.2, 0.25) is 0 Å². The maximum absolute atomic E-state index is 4.18. The summed E-state index contributed by atoms with van der Waals surface area (Å²) >= 11 is 4.18. The zero-order valence-electron chi connectivity index (χ0n) is 8.77. The van der Waals surface area contributed by atoms with Crippen molar-refractivity contribution in [1.29, 1.82) is 0 Å². The van der Waals surface area contributed by atoms with Crippen LogP contribution in [-0.2, 0) is 13.6 Å². The van der Waals surface area contributed by atoms with Crippen molar-refractivity contribution in [3.63, 3.8) is 0 Å². The topological polar surface area (TPSA) is 21.1 Å². The monoisotopic (exact) mass is 211 g/mol. The Labute approximate surface area is 90.8 Å². The zero-order valence-corrected chi connectivity index (χ0v) is 9.67. The van der Waals surface area contributed by atoms with Crippen molar-refractivity contribution in [2.24, 2.45) is 7.05 Å². The van der Waals surface area contributed by atoms with Gasteiger partial charge in [0.25, 0.3) is 0 Å². The number of nitrogens with zero attached hydrogens (tertiary/aromatic N) is 3. The van der Waals surface area contributed by atoms with E-state index in [0.717, 1.165) is 24.4 Å². The van der Waals surface area contributed by atoms with Gasteiger partial charge in [-0.05, 0) is 7.05 Å². The molecule has 0 saturated heterocycles. The van der Waals surface area contributed by atoms with Crippen molar-refractivity contribution in [1.82, 2.24) is 14.7 Å². The first-order valence-corrected chi connectivity index (χ1v) is 5.18. The van der Waals surface area contributed by atoms with Crippen LogP contribution in [0.4, 0.5) is 0 Å². The SMILES string of the molecule is C=C(CS)CN(C)Cc1cnn(C)c1. The largest absolute Gasteiger partial charge is 0.298 e. The lowest BCUT2D eigenvalue weighted by atomic mass is 10.3. The first-order valence-electron chi connectivity index (χ1n) is 4.55. The number of hydrogen-bond acceptors (Lipinski definition) is 3. The maximum Gasteiger partial charge on any atom is 0.0534 e. The smallest absolute Gasteiger partial charge is 0.0534 e. The van der Waals surface area contributed by atoms with Gasteiger partial charge in [0.05, 0.1) is 6.20 Å². The molecule has 0 aliphatic rings. The van der Waals surface area contributed by atoms with Crippen molar-refractivity contribution >= 4 is 12.6 Å². The van der Waals surface area contributed by atoms with Crippen LogP contribution in [0.15, 0.2) is 24.5 Å². The molecule has 1 heterocycles. The van der Waals surface area contributed by atoms with E-state index in [0.29, 0.717) is 0 Å². The fraction of sp³-hybridized carbons (Fsp3) is 0.500. The molecule has 0 bridgehead atoms. The number of hydrogen-bond donors (Lipinski definition) is 1. The minimum absolute atomic E-state index is 0.747. The first kappa shape index (κ1) is 11.3. The lowest BCUT2D eigenvalue weighted by Gasteiger charge is -2.15. The minimum Gasteiger partial charge on any atom is -0.298 e. The molecule has 1 aromatic rings. The van der Waals surface area contributed by atoms with Crippen LogP contribution >= 0.6 is 12.6 Å². The lowest BCUT2D eigenvalue weighted by molar-refractivity contribution is 0.356. The molecule has 3 nitrogen and oxygen atoms in total. The highest BCUT2D eigenvalue weighted by Crippen LogP contribution is 2.03. The fourth-order valence-electron chi connectivity index (χ4n) is 1.35. The van der Waals surface area contributed by atoms with Crippen LogP contribution in [-0.4, -0.2) is 34.0 Å². The van der Waals surface area contributed by atoms with Gasteiger partial charge >= 0.3 is 0 Å². The molecular formula is C10H17N3S. The van der Waals surface area contributed by atoms with Crippen LogP contribution in [0.3, 0.4) is 0 Å². The van der Waals surface area contributed by atoms with Gasteiger partial charge in [0.15, 0.2) is 0 Å². The van der Waals surface area contributed by atoms with E-state index < -0.39 is 0 Å². The number of aromatic nitrogens is 2. The van der Waals surface area contributed by atoms with Crippen LogP contribution in [0.25, 0.3) is 0 Å². The van der Waals surface area contributed by atoms with Gasteiger partial charge in [-0.3, -0.25) is 9.58 Å². The Kier molecular flexibility index (Phi) is 4.22. The fourth-order valence-corrected chi connectivity index (χ4v) is 1.45. The van der Waals surface area contributed by atoms with Crippen molar-refractivity contribution < 1.29 is 0 Å². The summed E-state index contributed by atoms with van der Waals surface area (Å²) in [6, 6.07) is 0. The summed E-state index contributed by atoms with van der Waals surface area (Å²) in [5.74, 6) is 0.747. The average Bonchev–Trinajstić information content (AvgIpc) is 2.50. The Morgan fingerprint density at radius 1 is 1.71 bits per heavy atom. The van der Waals surface area contributed by atoms with E-state index in [1.807, 2.05) is 24.1 Å². The average molecular weight is 211 g/mol. The van der Waals surface area contributed by atoms with Crippen molar-refractivity contribution in [3.8, 4) is 0 Å². The molecule has 0 aliphatic heterocycles. The molecule has 0 saturated carbocycles. The van der Waals surface area contributed by atoms with E-state index in [4.69, 9.17) is 0 Å². The predicted molar refractivity (Wildman–Crippen MR) is 62.5 cm³/mol. The summed E-state index contributed by atoms with van der Waals surface area (Å²) in [6.07, 6.45) is 3.92. The van der Waals surface area contributed by atoms with Crippen LogP contribution in [0.5, 0.6) is 0 Å². The van der Waals surface area contributed by atoms with E-state index in [2.05, 4.69) is 36.3 Å². The molecule has 0 radical (unpaired) electrons. The standard InChI is InChI=1S/C10H17N3S/c1-9(8-14)5-12(2)6-10-4-11-13(3)7-10/h4,7,14H,1,5-6,8H2,2-3H3. The molecule has 0 aliphatic carbocycles. The van der Waals surface area contributed by atoms with Gasteiger partial charge in [-0.25, -0.2) is 0 Å². The summed E-state index contributed by atoms with van der Waals surface area (Å²) in [7, 11) is 4.00. The highest BCUT2D eigenvalue weighted by atomic mass is 32.1. The van der Waals surface area contributed by atoms with Gasteiger partial charge in [0, 0.05) is 37.7 Å². The van der Waals surface area contributed by atoms with E-state index in [1.165, 1.54) is 5.56 Å². The number of rotatable bonds is 5. The van der Waals surface area contributed by atoms with Crippen molar-refractivity contribution in [2.75, 3.05) is 19.3 Å². The van der Waals surface area contributed by atoms with Gasteiger partial charge in [0.2, 0.25) is 0 Å². The second-order valence-electron chi connectivity index (χ2n) is 3.60. The molecule has 4 heteroatoms. The van der Waals surface area contributed by atoms with E-state index in [1.54, 1.807) is 0 Å². The first-order chi connectivity index (χ1) is 6.61. The number of thiol groups is 1. The van der Waals surface area contributed by atoms with Gasteiger partial charge in [-0.2, -0.15) is 17.7 Å². The van der Waals surface area contributed by atoms with Crippen LogP contribution < -0.4 is 0 Å². The van der Waals surface area contributed by atoms with Gasteiger partial charge in [-0.1, -0.05) is 12.2 Å². The predicted octanol–water partition coefficient (Wildman–Crippen LogP) is 1.34. The second-order valence-corrected chi connectivity index (χ2v) is 3.92. The third-order valence-corrected chi connectivity index (χ3v) is 2.38. The Morgan fingerprint density at radius 2 is 2.43 bits per heavy atom. The van der Waals surface area contributed by atoms with Crippen LogP contribution in [0, 0.1) is 0 Å². The third-order valence-electron chi connectivity index (χ3n) is 1.93. The Hall–Kier alpha value is -0.740. The normalized spacial score (nSPS) is 10.9. The summed E-state index contributed by atoms with van der Waals surface area (Å²) in [4.78, 5) is 2.20. The molecule has 0 unspecified atom stereocenters. The molecule has 1 aromatic heterocycles. The molecule has 0 aromatic carbocycles. The van der Waals surface area contributed by atoms with E-state index in [9.17, 15) is 0 Å². The molecule has 0 atom stereocenters. The quantitative estimate of drug-likeness (QED) is 0.586. The van der Waals surface area contributed by atoms with E-state index >= 15 is 0 Å². The molecule has 78 valence electrons. The molecule has 0 fully saturated rings. The highest BCUT2D eigenvalue weighted by molar-refractivity contribution is 7.80. The highest BCUT2D eigenvalue weighted by Gasteiger charge is 2.02. The Balaban J connectivity index is 2.41. The molecule has 0 N–H and O–H groups in total. The molecule has 14 heavy (non-hydrogen) atoms. The van der Waals surface area contributed by atoms with Crippen molar-refractivity contribution in [3.05, 3.63) is 30.1 Å². The number of aryl methyl sites for hydroxylation is 1. The van der Waals surface area contributed by atoms with Gasteiger partial charge < -0.3 is 0 Å². The van der Waals surface area contributed by atoms with Crippen LogP contribution in [0.1, 0.15) is 5.56 Å².